The van der Waals surface area contributed by atoms with Crippen molar-refractivity contribution in [1.82, 2.24) is 4.98 Å². The summed E-state index contributed by atoms with van der Waals surface area (Å²) in [6.45, 7) is 0. The third-order valence-electron chi connectivity index (χ3n) is 1.85. The lowest BCUT2D eigenvalue weighted by atomic mass is 10.1. The molecule has 1 aromatic heterocycles. The molecule has 0 radical (unpaired) electrons. The maximum absolute atomic E-state index is 13.2. The number of halogens is 2. The lowest BCUT2D eigenvalue weighted by Crippen LogP contribution is -2.03. The van der Waals surface area contributed by atoms with E-state index < -0.39 is 17.4 Å². The van der Waals surface area contributed by atoms with Crippen LogP contribution in [0.4, 0.5) is 8.78 Å². The van der Waals surface area contributed by atoms with Crippen LogP contribution in [0.1, 0.15) is 15.2 Å². The molecule has 0 saturated heterocycles. The lowest BCUT2D eigenvalue weighted by molar-refractivity contribution is 0.103. The summed E-state index contributed by atoms with van der Waals surface area (Å²) in [5.74, 6) is -2.68. The van der Waals surface area contributed by atoms with Gasteiger partial charge in [0, 0.05) is 6.20 Å². The van der Waals surface area contributed by atoms with Crippen LogP contribution >= 0.6 is 11.3 Å². The highest BCUT2D eigenvalue weighted by molar-refractivity contribution is 7.11. The number of nitrogens with zero attached hydrogens (tertiary/aromatic N) is 1. The SMILES string of the molecule is O=C(c1cncs1)c1cccc(F)c1F. The molecule has 0 aliphatic rings. The number of rotatable bonds is 2. The molecule has 0 N–H and O–H groups in total. The summed E-state index contributed by atoms with van der Waals surface area (Å²) < 4.78 is 26.1. The minimum atomic E-state index is -1.11. The second-order valence-electron chi connectivity index (χ2n) is 2.80. The average molecular weight is 225 g/mol. The first-order valence-electron chi connectivity index (χ1n) is 4.07. The number of carbonyl (C=O) groups is 1. The first kappa shape index (κ1) is 9.92. The second kappa shape index (κ2) is 3.86. The summed E-state index contributed by atoms with van der Waals surface area (Å²) >= 11 is 1.09. The zero-order valence-electron chi connectivity index (χ0n) is 7.41. The molecule has 0 atom stereocenters. The van der Waals surface area contributed by atoms with Gasteiger partial charge in [0.1, 0.15) is 0 Å². The fraction of sp³-hybridized carbons (Fsp3) is 0. The Balaban J connectivity index is 2.47. The second-order valence-corrected chi connectivity index (χ2v) is 3.68. The van der Waals surface area contributed by atoms with E-state index in [1.165, 1.54) is 23.8 Å². The number of benzene rings is 1. The first-order chi connectivity index (χ1) is 7.20. The third kappa shape index (κ3) is 1.78. The monoisotopic (exact) mass is 225 g/mol. The first-order valence-corrected chi connectivity index (χ1v) is 4.95. The molecule has 0 unspecified atom stereocenters. The quantitative estimate of drug-likeness (QED) is 0.735. The third-order valence-corrected chi connectivity index (χ3v) is 2.62. The van der Waals surface area contributed by atoms with Crippen LogP contribution in [-0.4, -0.2) is 10.8 Å². The van der Waals surface area contributed by atoms with E-state index in [1.54, 1.807) is 0 Å². The van der Waals surface area contributed by atoms with Gasteiger partial charge in [-0.25, -0.2) is 8.78 Å². The molecule has 76 valence electrons. The zero-order valence-corrected chi connectivity index (χ0v) is 8.22. The zero-order chi connectivity index (χ0) is 10.8. The van der Waals surface area contributed by atoms with Crippen LogP contribution in [0.5, 0.6) is 0 Å². The molecule has 0 amide bonds. The van der Waals surface area contributed by atoms with E-state index in [0.29, 0.717) is 4.88 Å². The Morgan fingerprint density at radius 3 is 2.80 bits per heavy atom. The molecule has 2 rings (SSSR count). The van der Waals surface area contributed by atoms with E-state index >= 15 is 0 Å². The summed E-state index contributed by atoms with van der Waals surface area (Å²) in [6.07, 6.45) is 1.33. The van der Waals surface area contributed by atoms with E-state index in [1.807, 2.05) is 0 Å². The van der Waals surface area contributed by atoms with Crippen molar-refractivity contribution in [2.45, 2.75) is 0 Å². The number of aromatic nitrogens is 1. The molecule has 15 heavy (non-hydrogen) atoms. The maximum atomic E-state index is 13.2. The van der Waals surface area contributed by atoms with Gasteiger partial charge in [-0.2, -0.15) is 0 Å². The molecule has 5 heteroatoms. The van der Waals surface area contributed by atoms with Crippen LogP contribution in [0, 0.1) is 11.6 Å². The van der Waals surface area contributed by atoms with Gasteiger partial charge in [-0.3, -0.25) is 9.78 Å². The molecule has 0 spiro atoms. The number of carbonyl (C=O) groups excluding carboxylic acids is 1. The molecule has 1 heterocycles. The van der Waals surface area contributed by atoms with Crippen molar-refractivity contribution in [3.8, 4) is 0 Å². The van der Waals surface area contributed by atoms with E-state index in [9.17, 15) is 13.6 Å². The van der Waals surface area contributed by atoms with Crippen molar-refractivity contribution in [2.24, 2.45) is 0 Å². The Morgan fingerprint density at radius 1 is 1.33 bits per heavy atom. The Kier molecular flexibility index (Phi) is 2.55. The highest BCUT2D eigenvalue weighted by Crippen LogP contribution is 2.17. The van der Waals surface area contributed by atoms with E-state index in [2.05, 4.69) is 4.98 Å². The van der Waals surface area contributed by atoms with Gasteiger partial charge in [0.15, 0.2) is 11.6 Å². The summed E-state index contributed by atoms with van der Waals surface area (Å²) in [7, 11) is 0. The van der Waals surface area contributed by atoms with Crippen LogP contribution < -0.4 is 0 Å². The summed E-state index contributed by atoms with van der Waals surface area (Å²) in [4.78, 5) is 15.6. The Labute approximate surface area is 88.2 Å². The normalized spacial score (nSPS) is 10.3. The molecule has 2 nitrogen and oxygen atoms in total. The van der Waals surface area contributed by atoms with Gasteiger partial charge in [0.05, 0.1) is 16.0 Å². The van der Waals surface area contributed by atoms with Crippen molar-refractivity contribution in [1.29, 1.82) is 0 Å². The van der Waals surface area contributed by atoms with E-state index in [0.717, 1.165) is 17.4 Å². The Hall–Kier alpha value is -1.62. The van der Waals surface area contributed by atoms with Gasteiger partial charge >= 0.3 is 0 Å². The Morgan fingerprint density at radius 2 is 2.13 bits per heavy atom. The van der Waals surface area contributed by atoms with Crippen molar-refractivity contribution in [3.63, 3.8) is 0 Å². The highest BCUT2D eigenvalue weighted by Gasteiger charge is 2.17. The summed E-state index contributed by atoms with van der Waals surface area (Å²) in [6, 6.07) is 3.52. The number of thiazole rings is 1. The van der Waals surface area contributed by atoms with Gasteiger partial charge < -0.3 is 0 Å². The Bertz CT molecular complexity index is 496. The number of hydrogen-bond acceptors (Lipinski definition) is 3. The van der Waals surface area contributed by atoms with Gasteiger partial charge in [-0.1, -0.05) is 6.07 Å². The lowest BCUT2D eigenvalue weighted by Gasteiger charge is -2.00. The van der Waals surface area contributed by atoms with Gasteiger partial charge in [0.25, 0.3) is 0 Å². The summed E-state index contributed by atoms with van der Waals surface area (Å²) in [5, 5.41) is 0. The molecule has 0 aliphatic carbocycles. The minimum Gasteiger partial charge on any atom is -0.288 e. The van der Waals surface area contributed by atoms with Crippen LogP contribution in [0.3, 0.4) is 0 Å². The standard InChI is InChI=1S/C10H5F2NOS/c11-7-3-1-2-6(9(7)12)10(14)8-4-13-5-15-8/h1-5H. The minimum absolute atomic E-state index is 0.265. The average Bonchev–Trinajstić information content (AvgIpc) is 2.74. The molecule has 0 bridgehead atoms. The topological polar surface area (TPSA) is 30.0 Å². The van der Waals surface area contributed by atoms with Gasteiger partial charge in [0.2, 0.25) is 5.78 Å². The van der Waals surface area contributed by atoms with Crippen molar-refractivity contribution >= 4 is 17.1 Å². The molecule has 0 fully saturated rings. The predicted molar refractivity (Wildman–Crippen MR) is 51.9 cm³/mol. The van der Waals surface area contributed by atoms with Gasteiger partial charge in [-0.05, 0) is 12.1 Å². The van der Waals surface area contributed by atoms with E-state index in [4.69, 9.17) is 0 Å². The fourth-order valence-corrected chi connectivity index (χ4v) is 1.71. The van der Waals surface area contributed by atoms with Crippen molar-refractivity contribution < 1.29 is 13.6 Å². The van der Waals surface area contributed by atoms with E-state index in [-0.39, 0.29) is 5.56 Å². The molecule has 1 aromatic carbocycles. The molecule has 0 saturated carbocycles. The smallest absolute Gasteiger partial charge is 0.207 e. The largest absolute Gasteiger partial charge is 0.288 e. The molecule has 2 aromatic rings. The van der Waals surface area contributed by atoms with Crippen molar-refractivity contribution in [3.05, 3.63) is 52.0 Å². The van der Waals surface area contributed by atoms with Crippen LogP contribution in [0.2, 0.25) is 0 Å². The molecular formula is C10H5F2NOS. The van der Waals surface area contributed by atoms with Crippen LogP contribution in [0.15, 0.2) is 29.9 Å². The number of hydrogen-bond donors (Lipinski definition) is 0. The maximum Gasteiger partial charge on any atom is 0.207 e. The highest BCUT2D eigenvalue weighted by atomic mass is 32.1. The van der Waals surface area contributed by atoms with Crippen LogP contribution in [-0.2, 0) is 0 Å². The van der Waals surface area contributed by atoms with Gasteiger partial charge in [-0.15, -0.1) is 11.3 Å². The molecule has 0 aliphatic heterocycles. The van der Waals surface area contributed by atoms with Crippen molar-refractivity contribution in [2.75, 3.05) is 0 Å². The predicted octanol–water partition coefficient (Wildman–Crippen LogP) is 2.65. The van der Waals surface area contributed by atoms with Crippen LogP contribution in [0.25, 0.3) is 0 Å². The summed E-state index contributed by atoms with van der Waals surface area (Å²) in [5.41, 5.74) is 1.20. The fourth-order valence-electron chi connectivity index (χ4n) is 1.14. The molecular weight excluding hydrogens is 220 g/mol. The number of ketones is 1.